The SMILES string of the molecule is CC(C)CC(CC(N)=O)C(=O)CS. The van der Waals surface area contributed by atoms with E-state index in [1.165, 1.54) is 0 Å². The number of carbonyl (C=O) groups excluding carboxylic acids is 2. The summed E-state index contributed by atoms with van der Waals surface area (Å²) in [7, 11) is 0. The molecule has 0 aromatic rings. The number of primary amides is 1. The van der Waals surface area contributed by atoms with Crippen molar-refractivity contribution in [2.45, 2.75) is 26.7 Å². The molecule has 0 aliphatic carbocycles. The summed E-state index contributed by atoms with van der Waals surface area (Å²) in [6, 6.07) is 0. The van der Waals surface area contributed by atoms with Crippen molar-refractivity contribution in [3.63, 3.8) is 0 Å². The van der Waals surface area contributed by atoms with Crippen LogP contribution in [0.4, 0.5) is 0 Å². The molecule has 0 aromatic carbocycles. The third-order valence-corrected chi connectivity index (χ3v) is 2.13. The van der Waals surface area contributed by atoms with E-state index in [0.717, 1.165) is 0 Å². The molecule has 0 spiro atoms. The number of carbonyl (C=O) groups is 2. The highest BCUT2D eigenvalue weighted by Gasteiger charge is 2.20. The highest BCUT2D eigenvalue weighted by Crippen LogP contribution is 2.16. The van der Waals surface area contributed by atoms with E-state index in [-0.39, 0.29) is 23.9 Å². The molecule has 1 atom stereocenters. The molecule has 0 aliphatic rings. The summed E-state index contributed by atoms with van der Waals surface area (Å²) in [6.07, 6.45) is 0.861. The maximum atomic E-state index is 11.3. The Bertz CT molecular complexity index is 192. The van der Waals surface area contributed by atoms with Crippen LogP contribution in [0.2, 0.25) is 0 Å². The summed E-state index contributed by atoms with van der Waals surface area (Å²) in [5.74, 6) is -0.0650. The molecule has 0 saturated carbocycles. The van der Waals surface area contributed by atoms with E-state index in [1.807, 2.05) is 13.8 Å². The van der Waals surface area contributed by atoms with Gasteiger partial charge in [0.1, 0.15) is 5.78 Å². The average molecular weight is 203 g/mol. The number of amides is 1. The van der Waals surface area contributed by atoms with Gasteiger partial charge in [-0.3, -0.25) is 9.59 Å². The number of rotatable bonds is 6. The van der Waals surface area contributed by atoms with Crippen molar-refractivity contribution in [1.82, 2.24) is 0 Å². The van der Waals surface area contributed by atoms with Gasteiger partial charge in [-0.05, 0) is 12.3 Å². The first-order chi connectivity index (χ1) is 5.97. The van der Waals surface area contributed by atoms with Crippen LogP contribution in [-0.4, -0.2) is 17.4 Å². The minimum absolute atomic E-state index is 0.0100. The van der Waals surface area contributed by atoms with Crippen LogP contribution < -0.4 is 5.73 Å². The van der Waals surface area contributed by atoms with Crippen LogP contribution in [0, 0.1) is 11.8 Å². The normalized spacial score (nSPS) is 12.9. The summed E-state index contributed by atoms with van der Waals surface area (Å²) in [6.45, 7) is 4.03. The van der Waals surface area contributed by atoms with Gasteiger partial charge in [-0.2, -0.15) is 12.6 Å². The van der Waals surface area contributed by atoms with Gasteiger partial charge in [0, 0.05) is 18.1 Å². The monoisotopic (exact) mass is 203 g/mol. The first kappa shape index (κ1) is 12.5. The maximum Gasteiger partial charge on any atom is 0.218 e. The predicted octanol–water partition coefficient (Wildman–Crippen LogP) is 1.02. The van der Waals surface area contributed by atoms with Crippen LogP contribution in [0.3, 0.4) is 0 Å². The standard InChI is InChI=1S/C9H17NO2S/c1-6(2)3-7(4-9(10)12)8(11)5-13/h6-7,13H,3-5H2,1-2H3,(H2,10,12). The van der Waals surface area contributed by atoms with Crippen LogP contribution in [0.15, 0.2) is 0 Å². The minimum Gasteiger partial charge on any atom is -0.370 e. The van der Waals surface area contributed by atoms with Crippen LogP contribution in [0.1, 0.15) is 26.7 Å². The van der Waals surface area contributed by atoms with Gasteiger partial charge in [0.05, 0.1) is 0 Å². The Balaban J connectivity index is 4.18. The number of ketones is 1. The molecule has 3 nitrogen and oxygen atoms in total. The lowest BCUT2D eigenvalue weighted by molar-refractivity contribution is -0.126. The lowest BCUT2D eigenvalue weighted by Gasteiger charge is -2.14. The molecule has 0 fully saturated rings. The molecule has 13 heavy (non-hydrogen) atoms. The fourth-order valence-electron chi connectivity index (χ4n) is 1.27. The molecule has 0 saturated heterocycles. The van der Waals surface area contributed by atoms with Crippen LogP contribution in [0.25, 0.3) is 0 Å². The average Bonchev–Trinajstić information content (AvgIpc) is 2.00. The molecule has 0 radical (unpaired) electrons. The molecule has 1 unspecified atom stereocenters. The second-order valence-electron chi connectivity index (χ2n) is 3.62. The number of hydrogen-bond donors (Lipinski definition) is 2. The van der Waals surface area contributed by atoms with Gasteiger partial charge >= 0.3 is 0 Å². The molecule has 0 aromatic heterocycles. The topological polar surface area (TPSA) is 60.2 Å². The molecule has 4 heteroatoms. The van der Waals surface area contributed by atoms with Crippen molar-refractivity contribution in [3.05, 3.63) is 0 Å². The lowest BCUT2D eigenvalue weighted by atomic mass is 9.91. The largest absolute Gasteiger partial charge is 0.370 e. The van der Waals surface area contributed by atoms with Crippen molar-refractivity contribution in [2.75, 3.05) is 5.75 Å². The molecule has 0 heterocycles. The number of nitrogens with two attached hydrogens (primary N) is 1. The summed E-state index contributed by atoms with van der Waals surface area (Å²) < 4.78 is 0. The van der Waals surface area contributed by atoms with E-state index in [9.17, 15) is 9.59 Å². The summed E-state index contributed by atoms with van der Waals surface area (Å²) in [5, 5.41) is 0. The van der Waals surface area contributed by atoms with E-state index < -0.39 is 5.91 Å². The van der Waals surface area contributed by atoms with E-state index in [0.29, 0.717) is 12.3 Å². The number of thiol groups is 1. The molecule has 2 N–H and O–H groups in total. The lowest BCUT2D eigenvalue weighted by Crippen LogP contribution is -2.24. The number of Topliss-reactive ketones (excluding diaryl/α,β-unsaturated/α-hetero) is 1. The van der Waals surface area contributed by atoms with Gasteiger partial charge in [-0.15, -0.1) is 0 Å². The highest BCUT2D eigenvalue weighted by molar-refractivity contribution is 7.81. The first-order valence-electron chi connectivity index (χ1n) is 4.39. The maximum absolute atomic E-state index is 11.3. The zero-order valence-electron chi connectivity index (χ0n) is 8.12. The third kappa shape index (κ3) is 5.69. The Hall–Kier alpha value is -0.510. The van der Waals surface area contributed by atoms with Gasteiger partial charge < -0.3 is 5.73 Å². The second kappa shape index (κ2) is 6.02. The minimum atomic E-state index is -0.416. The second-order valence-corrected chi connectivity index (χ2v) is 3.94. The van der Waals surface area contributed by atoms with E-state index in [2.05, 4.69) is 12.6 Å². The van der Waals surface area contributed by atoms with Gasteiger partial charge in [-0.1, -0.05) is 13.8 Å². The van der Waals surface area contributed by atoms with E-state index in [1.54, 1.807) is 0 Å². The fraction of sp³-hybridized carbons (Fsp3) is 0.778. The molecule has 0 aliphatic heterocycles. The predicted molar refractivity (Wildman–Crippen MR) is 55.6 cm³/mol. The molecule has 0 bridgehead atoms. The highest BCUT2D eigenvalue weighted by atomic mass is 32.1. The molecule has 0 rings (SSSR count). The van der Waals surface area contributed by atoms with Crippen LogP contribution in [0.5, 0.6) is 0 Å². The summed E-state index contributed by atoms with van der Waals surface area (Å²) in [4.78, 5) is 22.0. The molecular weight excluding hydrogens is 186 g/mol. The van der Waals surface area contributed by atoms with Crippen molar-refractivity contribution in [1.29, 1.82) is 0 Å². The van der Waals surface area contributed by atoms with Crippen molar-refractivity contribution >= 4 is 24.3 Å². The van der Waals surface area contributed by atoms with Gasteiger partial charge in [0.2, 0.25) is 5.91 Å². The van der Waals surface area contributed by atoms with Gasteiger partial charge in [0.15, 0.2) is 0 Å². The van der Waals surface area contributed by atoms with Gasteiger partial charge in [0.25, 0.3) is 0 Å². The summed E-state index contributed by atoms with van der Waals surface area (Å²) >= 11 is 3.90. The fourth-order valence-corrected chi connectivity index (χ4v) is 1.53. The van der Waals surface area contributed by atoms with Gasteiger partial charge in [-0.25, -0.2) is 0 Å². The summed E-state index contributed by atoms with van der Waals surface area (Å²) in [5.41, 5.74) is 5.05. The zero-order chi connectivity index (χ0) is 10.4. The van der Waals surface area contributed by atoms with E-state index >= 15 is 0 Å². The van der Waals surface area contributed by atoms with Crippen molar-refractivity contribution < 1.29 is 9.59 Å². The molecule has 76 valence electrons. The third-order valence-electron chi connectivity index (χ3n) is 1.81. The zero-order valence-corrected chi connectivity index (χ0v) is 9.01. The Morgan fingerprint density at radius 3 is 2.23 bits per heavy atom. The smallest absolute Gasteiger partial charge is 0.218 e. The van der Waals surface area contributed by atoms with Crippen molar-refractivity contribution in [3.8, 4) is 0 Å². The Morgan fingerprint density at radius 1 is 1.38 bits per heavy atom. The Morgan fingerprint density at radius 2 is 1.92 bits per heavy atom. The van der Waals surface area contributed by atoms with Crippen LogP contribution in [-0.2, 0) is 9.59 Å². The Labute approximate surface area is 84.5 Å². The van der Waals surface area contributed by atoms with Crippen LogP contribution >= 0.6 is 12.6 Å². The quantitative estimate of drug-likeness (QED) is 0.633. The molecular formula is C9H17NO2S. The Kier molecular flexibility index (Phi) is 5.79. The van der Waals surface area contributed by atoms with E-state index in [4.69, 9.17) is 5.73 Å². The first-order valence-corrected chi connectivity index (χ1v) is 5.02. The molecule has 1 amide bonds. The number of hydrogen-bond acceptors (Lipinski definition) is 3. The van der Waals surface area contributed by atoms with Crippen molar-refractivity contribution in [2.24, 2.45) is 17.6 Å².